The molecule has 0 aliphatic heterocycles. The van der Waals surface area contributed by atoms with Crippen molar-refractivity contribution in [2.75, 3.05) is 0 Å². The van der Waals surface area contributed by atoms with Crippen LogP contribution in [-0.4, -0.2) is 9.97 Å². The van der Waals surface area contributed by atoms with Crippen LogP contribution in [-0.2, 0) is 0 Å². The van der Waals surface area contributed by atoms with Gasteiger partial charge in [0.15, 0.2) is 0 Å². The molecule has 3 heteroatoms. The summed E-state index contributed by atoms with van der Waals surface area (Å²) in [6.45, 7) is 1.95. The number of halogens is 1. The van der Waals surface area contributed by atoms with Gasteiger partial charge in [-0.25, -0.2) is 4.98 Å². The Labute approximate surface area is 85.1 Å². The van der Waals surface area contributed by atoms with Crippen LogP contribution in [0.1, 0.15) is 5.82 Å². The van der Waals surface area contributed by atoms with Gasteiger partial charge in [-0.05, 0) is 24.6 Å². The van der Waals surface area contributed by atoms with Gasteiger partial charge in [0.1, 0.15) is 5.82 Å². The first-order valence-corrected chi connectivity index (χ1v) is 4.82. The van der Waals surface area contributed by atoms with Gasteiger partial charge in [0.25, 0.3) is 0 Å². The van der Waals surface area contributed by atoms with E-state index in [1.165, 1.54) is 0 Å². The van der Waals surface area contributed by atoms with Gasteiger partial charge in [-0.15, -0.1) is 0 Å². The van der Waals surface area contributed by atoms with E-state index >= 15 is 0 Å². The lowest BCUT2D eigenvalue weighted by Gasteiger charge is -1.96. The predicted molar refractivity (Wildman–Crippen MR) is 56.5 cm³/mol. The van der Waals surface area contributed by atoms with Crippen LogP contribution in [0.2, 0.25) is 0 Å². The summed E-state index contributed by atoms with van der Waals surface area (Å²) in [7, 11) is 0. The molecule has 2 rings (SSSR count). The number of hydrogen-bond acceptors (Lipinski definition) is 1. The van der Waals surface area contributed by atoms with Crippen molar-refractivity contribution in [3.8, 4) is 11.3 Å². The smallest absolute Gasteiger partial charge is 0.103 e. The summed E-state index contributed by atoms with van der Waals surface area (Å²) in [4.78, 5) is 7.33. The van der Waals surface area contributed by atoms with Crippen LogP contribution in [0.3, 0.4) is 0 Å². The largest absolute Gasteiger partial charge is 0.342 e. The number of nitrogens with zero attached hydrogens (tertiary/aromatic N) is 1. The molecule has 13 heavy (non-hydrogen) atoms. The van der Waals surface area contributed by atoms with Crippen LogP contribution < -0.4 is 0 Å². The summed E-state index contributed by atoms with van der Waals surface area (Å²) in [5.74, 6) is 0.943. The highest BCUT2D eigenvalue weighted by atomic mass is 79.9. The van der Waals surface area contributed by atoms with E-state index < -0.39 is 0 Å². The summed E-state index contributed by atoms with van der Waals surface area (Å²) in [5, 5.41) is 0. The number of hydrogen-bond donors (Lipinski definition) is 1. The van der Waals surface area contributed by atoms with Crippen molar-refractivity contribution in [3.63, 3.8) is 0 Å². The highest BCUT2D eigenvalue weighted by molar-refractivity contribution is 9.10. The maximum atomic E-state index is 4.15. The summed E-state index contributed by atoms with van der Waals surface area (Å²) < 4.78 is 1.09. The van der Waals surface area contributed by atoms with Gasteiger partial charge in [0.2, 0.25) is 0 Å². The Kier molecular flexibility index (Phi) is 2.19. The zero-order valence-electron chi connectivity index (χ0n) is 7.21. The van der Waals surface area contributed by atoms with Gasteiger partial charge in [0, 0.05) is 4.47 Å². The number of aromatic amines is 1. The van der Waals surface area contributed by atoms with Crippen LogP contribution in [0.15, 0.2) is 34.9 Å². The molecular weight excluding hydrogens is 228 g/mol. The van der Waals surface area contributed by atoms with E-state index in [9.17, 15) is 0 Å². The van der Waals surface area contributed by atoms with Crippen LogP contribution >= 0.6 is 15.9 Å². The van der Waals surface area contributed by atoms with Gasteiger partial charge in [-0.3, -0.25) is 0 Å². The zero-order valence-corrected chi connectivity index (χ0v) is 8.80. The molecule has 0 saturated heterocycles. The lowest BCUT2D eigenvalue weighted by atomic mass is 10.2. The lowest BCUT2D eigenvalue weighted by molar-refractivity contribution is 1.15. The minimum absolute atomic E-state index is 0.943. The van der Waals surface area contributed by atoms with Crippen LogP contribution in [0, 0.1) is 6.92 Å². The molecule has 0 saturated carbocycles. The molecule has 0 unspecified atom stereocenters. The second-order valence-electron chi connectivity index (χ2n) is 2.89. The molecular formula is C10H9BrN2. The first kappa shape index (κ1) is 8.51. The third-order valence-electron chi connectivity index (χ3n) is 1.86. The highest BCUT2D eigenvalue weighted by Crippen LogP contribution is 2.19. The molecule has 0 aliphatic rings. The van der Waals surface area contributed by atoms with Crippen LogP contribution in [0.4, 0.5) is 0 Å². The molecule has 1 N–H and O–H groups in total. The fourth-order valence-electron chi connectivity index (χ4n) is 1.20. The molecule has 0 aliphatic carbocycles. The SMILES string of the molecule is Cc1ncc(-c2ccc(Br)cc2)[nH]1. The van der Waals surface area contributed by atoms with Gasteiger partial charge in [-0.1, -0.05) is 28.1 Å². The minimum atomic E-state index is 0.943. The minimum Gasteiger partial charge on any atom is -0.342 e. The number of rotatable bonds is 1. The van der Waals surface area contributed by atoms with Gasteiger partial charge in [0.05, 0.1) is 11.9 Å². The molecule has 66 valence electrons. The standard InChI is InChI=1S/C10H9BrN2/c1-7-12-6-10(13-7)8-2-4-9(11)5-3-8/h2-6H,1H3,(H,12,13). The topological polar surface area (TPSA) is 28.7 Å². The van der Waals surface area contributed by atoms with Crippen molar-refractivity contribution >= 4 is 15.9 Å². The summed E-state index contributed by atoms with van der Waals surface area (Å²) in [6, 6.07) is 8.14. The van der Waals surface area contributed by atoms with Crippen LogP contribution in [0.5, 0.6) is 0 Å². The summed E-state index contributed by atoms with van der Waals surface area (Å²) >= 11 is 3.40. The van der Waals surface area contributed by atoms with Crippen molar-refractivity contribution in [1.82, 2.24) is 9.97 Å². The van der Waals surface area contributed by atoms with Crippen LogP contribution in [0.25, 0.3) is 11.3 Å². The molecule has 0 fully saturated rings. The molecule has 1 heterocycles. The predicted octanol–water partition coefficient (Wildman–Crippen LogP) is 3.15. The second kappa shape index (κ2) is 3.34. The van der Waals surface area contributed by atoms with Crippen molar-refractivity contribution in [1.29, 1.82) is 0 Å². The Morgan fingerprint density at radius 2 is 1.92 bits per heavy atom. The normalized spacial score (nSPS) is 10.3. The van der Waals surface area contributed by atoms with E-state index in [2.05, 4.69) is 38.0 Å². The molecule has 0 spiro atoms. The van der Waals surface area contributed by atoms with Gasteiger partial charge in [-0.2, -0.15) is 0 Å². The van der Waals surface area contributed by atoms with E-state index in [1.54, 1.807) is 0 Å². The maximum Gasteiger partial charge on any atom is 0.103 e. The second-order valence-corrected chi connectivity index (χ2v) is 3.80. The number of H-pyrrole nitrogens is 1. The molecule has 1 aromatic heterocycles. The van der Waals surface area contributed by atoms with E-state index in [-0.39, 0.29) is 0 Å². The molecule has 0 radical (unpaired) electrons. The first-order chi connectivity index (χ1) is 6.25. The van der Waals surface area contributed by atoms with Crippen molar-refractivity contribution < 1.29 is 0 Å². The number of aromatic nitrogens is 2. The van der Waals surface area contributed by atoms with Crippen molar-refractivity contribution in [2.45, 2.75) is 6.92 Å². The average Bonchev–Trinajstić information content (AvgIpc) is 2.53. The molecule has 0 atom stereocenters. The first-order valence-electron chi connectivity index (χ1n) is 4.03. The van der Waals surface area contributed by atoms with Crippen molar-refractivity contribution in [2.24, 2.45) is 0 Å². The Morgan fingerprint density at radius 1 is 1.23 bits per heavy atom. The zero-order chi connectivity index (χ0) is 9.26. The Hall–Kier alpha value is -1.09. The number of benzene rings is 1. The third kappa shape index (κ3) is 1.80. The Balaban J connectivity index is 2.41. The Bertz CT molecular complexity index is 403. The molecule has 0 amide bonds. The fraction of sp³-hybridized carbons (Fsp3) is 0.100. The molecule has 2 nitrogen and oxygen atoms in total. The monoisotopic (exact) mass is 236 g/mol. The number of nitrogens with one attached hydrogen (secondary N) is 1. The van der Waals surface area contributed by atoms with Crippen molar-refractivity contribution in [3.05, 3.63) is 40.8 Å². The molecule has 0 bridgehead atoms. The maximum absolute atomic E-state index is 4.15. The fourth-order valence-corrected chi connectivity index (χ4v) is 1.46. The summed E-state index contributed by atoms with van der Waals surface area (Å²) in [6.07, 6.45) is 1.85. The number of imidazole rings is 1. The lowest BCUT2D eigenvalue weighted by Crippen LogP contribution is -1.77. The molecule has 1 aromatic carbocycles. The van der Waals surface area contributed by atoms with E-state index in [1.807, 2.05) is 25.3 Å². The van der Waals surface area contributed by atoms with E-state index in [0.29, 0.717) is 0 Å². The quantitative estimate of drug-likeness (QED) is 0.810. The van der Waals surface area contributed by atoms with Gasteiger partial charge >= 0.3 is 0 Å². The summed E-state index contributed by atoms with van der Waals surface area (Å²) in [5.41, 5.74) is 2.22. The highest BCUT2D eigenvalue weighted by Gasteiger charge is 1.99. The molecule has 2 aromatic rings. The third-order valence-corrected chi connectivity index (χ3v) is 2.39. The van der Waals surface area contributed by atoms with E-state index in [4.69, 9.17) is 0 Å². The average molecular weight is 237 g/mol. The number of aryl methyl sites for hydroxylation is 1. The Morgan fingerprint density at radius 3 is 2.46 bits per heavy atom. The van der Waals surface area contributed by atoms with Gasteiger partial charge < -0.3 is 4.98 Å². The van der Waals surface area contributed by atoms with E-state index in [0.717, 1.165) is 21.6 Å².